The molecule has 120 valence electrons. The number of hydrogen-bond donors (Lipinski definition) is 4. The van der Waals surface area contributed by atoms with Gasteiger partial charge in [0.15, 0.2) is 0 Å². The van der Waals surface area contributed by atoms with E-state index in [1.165, 1.54) is 0 Å². The van der Waals surface area contributed by atoms with Gasteiger partial charge in [-0.2, -0.15) is 0 Å². The SMILES string of the molecule is CCC1CCC(NC(=O)NCCCC(N)=O)(C(=O)O)CC1. The van der Waals surface area contributed by atoms with E-state index in [2.05, 4.69) is 17.6 Å². The number of primary amides is 1. The van der Waals surface area contributed by atoms with E-state index in [0.717, 1.165) is 19.3 Å². The van der Waals surface area contributed by atoms with Crippen molar-refractivity contribution in [2.45, 2.75) is 57.4 Å². The Kier molecular flexibility index (Phi) is 6.45. The van der Waals surface area contributed by atoms with Crippen LogP contribution in [0.3, 0.4) is 0 Å². The van der Waals surface area contributed by atoms with Crippen molar-refractivity contribution >= 4 is 17.9 Å². The highest BCUT2D eigenvalue weighted by molar-refractivity contribution is 5.86. The van der Waals surface area contributed by atoms with Crippen molar-refractivity contribution in [3.05, 3.63) is 0 Å². The Labute approximate surface area is 124 Å². The van der Waals surface area contributed by atoms with Gasteiger partial charge < -0.3 is 21.5 Å². The fraction of sp³-hybridized carbons (Fsp3) is 0.786. The van der Waals surface area contributed by atoms with E-state index in [4.69, 9.17) is 5.73 Å². The third kappa shape index (κ3) is 5.24. The summed E-state index contributed by atoms with van der Waals surface area (Å²) in [5.74, 6) is -0.862. The van der Waals surface area contributed by atoms with Gasteiger partial charge in [0.25, 0.3) is 0 Å². The molecule has 3 amide bonds. The number of amides is 3. The van der Waals surface area contributed by atoms with Gasteiger partial charge in [0, 0.05) is 13.0 Å². The van der Waals surface area contributed by atoms with Crippen LogP contribution in [0, 0.1) is 5.92 Å². The van der Waals surface area contributed by atoms with Crippen LogP contribution in [0.1, 0.15) is 51.9 Å². The predicted octanol–water partition coefficient (Wildman–Crippen LogP) is 0.975. The molecule has 1 aliphatic carbocycles. The number of rotatable bonds is 7. The standard InChI is InChI=1S/C14H25N3O4/c1-2-10-5-7-14(8-6-10,12(19)20)17-13(21)16-9-3-4-11(15)18/h10H,2-9H2,1H3,(H2,15,18)(H,19,20)(H2,16,17,21). The first-order chi connectivity index (χ1) is 9.89. The quantitative estimate of drug-likeness (QED) is 0.523. The van der Waals surface area contributed by atoms with Crippen molar-refractivity contribution in [2.24, 2.45) is 11.7 Å². The molecule has 0 radical (unpaired) electrons. The minimum absolute atomic E-state index is 0.197. The molecule has 0 aromatic carbocycles. The lowest BCUT2D eigenvalue weighted by atomic mass is 9.75. The zero-order valence-corrected chi connectivity index (χ0v) is 12.5. The maximum absolute atomic E-state index is 11.8. The fourth-order valence-electron chi connectivity index (χ4n) is 2.70. The number of carboxylic acids is 1. The molecule has 7 nitrogen and oxygen atoms in total. The molecule has 0 atom stereocenters. The summed E-state index contributed by atoms with van der Waals surface area (Å²) in [5.41, 5.74) is 3.83. The lowest BCUT2D eigenvalue weighted by Gasteiger charge is -2.37. The monoisotopic (exact) mass is 299 g/mol. The Morgan fingerprint density at radius 1 is 1.29 bits per heavy atom. The molecule has 5 N–H and O–H groups in total. The topological polar surface area (TPSA) is 122 Å². The molecule has 0 heterocycles. The zero-order valence-electron chi connectivity index (χ0n) is 12.5. The van der Waals surface area contributed by atoms with E-state index in [9.17, 15) is 19.5 Å². The first-order valence-electron chi connectivity index (χ1n) is 7.47. The highest BCUT2D eigenvalue weighted by Gasteiger charge is 2.42. The van der Waals surface area contributed by atoms with Gasteiger partial charge >= 0.3 is 12.0 Å². The number of aliphatic carboxylic acids is 1. The van der Waals surface area contributed by atoms with Crippen molar-refractivity contribution in [1.29, 1.82) is 0 Å². The number of hydrogen-bond acceptors (Lipinski definition) is 3. The van der Waals surface area contributed by atoms with Crippen LogP contribution in [0.5, 0.6) is 0 Å². The zero-order chi connectivity index (χ0) is 15.9. The maximum Gasteiger partial charge on any atom is 0.329 e. The summed E-state index contributed by atoms with van der Waals surface area (Å²) in [6, 6.07) is -0.503. The minimum Gasteiger partial charge on any atom is -0.480 e. The molecule has 1 rings (SSSR count). The Balaban J connectivity index is 2.46. The molecule has 0 aromatic heterocycles. The number of urea groups is 1. The van der Waals surface area contributed by atoms with Gasteiger partial charge in [-0.05, 0) is 38.0 Å². The van der Waals surface area contributed by atoms with Crippen LogP contribution in [0.25, 0.3) is 0 Å². The molecule has 0 bridgehead atoms. The molecule has 1 saturated carbocycles. The van der Waals surface area contributed by atoms with Crippen molar-refractivity contribution in [3.8, 4) is 0 Å². The molecule has 0 aromatic rings. The molecule has 0 unspecified atom stereocenters. The van der Waals surface area contributed by atoms with Crippen LogP contribution in [0.2, 0.25) is 0 Å². The fourth-order valence-corrected chi connectivity index (χ4v) is 2.70. The molecular formula is C14H25N3O4. The largest absolute Gasteiger partial charge is 0.480 e. The molecule has 7 heteroatoms. The summed E-state index contributed by atoms with van der Waals surface area (Å²) in [4.78, 5) is 33.9. The van der Waals surface area contributed by atoms with Crippen molar-refractivity contribution in [1.82, 2.24) is 10.6 Å². The van der Waals surface area contributed by atoms with E-state index >= 15 is 0 Å². The van der Waals surface area contributed by atoms with E-state index in [0.29, 0.717) is 31.7 Å². The molecule has 0 aliphatic heterocycles. The third-order valence-electron chi connectivity index (χ3n) is 4.18. The van der Waals surface area contributed by atoms with Crippen LogP contribution in [-0.4, -0.2) is 35.1 Å². The van der Waals surface area contributed by atoms with Gasteiger partial charge in [0.05, 0.1) is 0 Å². The molecule has 1 fully saturated rings. The average Bonchev–Trinajstić information content (AvgIpc) is 2.44. The van der Waals surface area contributed by atoms with Gasteiger partial charge in [0.2, 0.25) is 5.91 Å². The third-order valence-corrected chi connectivity index (χ3v) is 4.18. The van der Waals surface area contributed by atoms with Crippen LogP contribution >= 0.6 is 0 Å². The highest BCUT2D eigenvalue weighted by Crippen LogP contribution is 2.33. The second-order valence-electron chi connectivity index (χ2n) is 5.69. The Morgan fingerprint density at radius 3 is 2.38 bits per heavy atom. The summed E-state index contributed by atoms with van der Waals surface area (Å²) in [7, 11) is 0. The lowest BCUT2D eigenvalue weighted by Crippen LogP contribution is -2.58. The minimum atomic E-state index is -1.17. The summed E-state index contributed by atoms with van der Waals surface area (Å²) >= 11 is 0. The van der Waals surface area contributed by atoms with Crippen LogP contribution in [0.4, 0.5) is 4.79 Å². The van der Waals surface area contributed by atoms with E-state index in [1.54, 1.807) is 0 Å². The number of carbonyl (C=O) groups excluding carboxylic acids is 2. The number of nitrogens with two attached hydrogens (primary N) is 1. The maximum atomic E-state index is 11.8. The van der Waals surface area contributed by atoms with Gasteiger partial charge in [-0.3, -0.25) is 4.79 Å². The first-order valence-corrected chi connectivity index (χ1v) is 7.47. The van der Waals surface area contributed by atoms with Crippen molar-refractivity contribution in [3.63, 3.8) is 0 Å². The number of nitrogens with one attached hydrogen (secondary N) is 2. The Bertz CT molecular complexity index is 390. The second kappa shape index (κ2) is 7.85. The van der Waals surface area contributed by atoms with Gasteiger partial charge in [0.1, 0.15) is 5.54 Å². The smallest absolute Gasteiger partial charge is 0.329 e. The lowest BCUT2D eigenvalue weighted by molar-refractivity contribution is -0.146. The predicted molar refractivity (Wildman–Crippen MR) is 77.6 cm³/mol. The molecular weight excluding hydrogens is 274 g/mol. The van der Waals surface area contributed by atoms with Crippen molar-refractivity contribution < 1.29 is 19.5 Å². The molecule has 0 spiro atoms. The summed E-state index contributed by atoms with van der Waals surface area (Å²) in [5, 5.41) is 14.6. The number of carbonyl (C=O) groups is 3. The average molecular weight is 299 g/mol. The Hall–Kier alpha value is -1.79. The highest BCUT2D eigenvalue weighted by atomic mass is 16.4. The van der Waals surface area contributed by atoms with E-state index in [1.807, 2.05) is 0 Å². The normalized spacial score (nSPS) is 25.1. The van der Waals surface area contributed by atoms with E-state index in [-0.39, 0.29) is 6.42 Å². The van der Waals surface area contributed by atoms with Crippen LogP contribution < -0.4 is 16.4 Å². The number of carboxylic acid groups (broad SMARTS) is 1. The summed E-state index contributed by atoms with van der Waals surface area (Å²) in [6.07, 6.45) is 4.21. The van der Waals surface area contributed by atoms with Gasteiger partial charge in [-0.25, -0.2) is 9.59 Å². The summed E-state index contributed by atoms with van der Waals surface area (Å²) in [6.45, 7) is 2.39. The van der Waals surface area contributed by atoms with E-state index < -0.39 is 23.4 Å². The second-order valence-corrected chi connectivity index (χ2v) is 5.69. The molecule has 21 heavy (non-hydrogen) atoms. The molecule has 0 saturated heterocycles. The van der Waals surface area contributed by atoms with Gasteiger partial charge in [-0.1, -0.05) is 13.3 Å². The Morgan fingerprint density at radius 2 is 1.90 bits per heavy atom. The van der Waals surface area contributed by atoms with Crippen LogP contribution in [-0.2, 0) is 9.59 Å². The van der Waals surface area contributed by atoms with Crippen molar-refractivity contribution in [2.75, 3.05) is 6.54 Å². The first kappa shape index (κ1) is 17.3. The van der Waals surface area contributed by atoms with Gasteiger partial charge in [-0.15, -0.1) is 0 Å². The molecule has 1 aliphatic rings. The van der Waals surface area contributed by atoms with Crippen LogP contribution in [0.15, 0.2) is 0 Å². The summed E-state index contributed by atoms with van der Waals surface area (Å²) < 4.78 is 0.